The van der Waals surface area contributed by atoms with E-state index < -0.39 is 11.4 Å². The van der Waals surface area contributed by atoms with Crippen LogP contribution in [0.1, 0.15) is 38.5 Å². The fourth-order valence-electron chi connectivity index (χ4n) is 3.64. The molecule has 3 nitrogen and oxygen atoms in total. The molecule has 15 heavy (non-hydrogen) atoms. The quantitative estimate of drug-likeness (QED) is 0.775. The van der Waals surface area contributed by atoms with Crippen molar-refractivity contribution in [1.29, 1.82) is 0 Å². The molecule has 1 N–H and O–H groups in total. The van der Waals surface area contributed by atoms with Crippen molar-refractivity contribution < 1.29 is 14.6 Å². The van der Waals surface area contributed by atoms with Gasteiger partial charge in [0.25, 0.3) is 0 Å². The summed E-state index contributed by atoms with van der Waals surface area (Å²) >= 11 is 0. The number of rotatable bonds is 3. The maximum absolute atomic E-state index is 11.5. The van der Waals surface area contributed by atoms with Crippen LogP contribution in [0.15, 0.2) is 0 Å². The Balaban J connectivity index is 1.90. The van der Waals surface area contributed by atoms with E-state index in [9.17, 15) is 9.90 Å². The zero-order valence-corrected chi connectivity index (χ0v) is 9.00. The number of ether oxygens (including phenoxy) is 1. The molecule has 0 radical (unpaired) electrons. The first-order chi connectivity index (χ1) is 7.21. The summed E-state index contributed by atoms with van der Waals surface area (Å²) in [5.41, 5.74) is -0.411. The van der Waals surface area contributed by atoms with Crippen molar-refractivity contribution in [2.24, 2.45) is 16.7 Å². The summed E-state index contributed by atoms with van der Waals surface area (Å²) in [6.45, 7) is 1.40. The molecule has 0 aromatic rings. The summed E-state index contributed by atoms with van der Waals surface area (Å²) < 4.78 is 5.36. The first-order valence-electron chi connectivity index (χ1n) is 6.02. The van der Waals surface area contributed by atoms with Gasteiger partial charge < -0.3 is 9.84 Å². The molecule has 2 saturated carbocycles. The zero-order chi connectivity index (χ0) is 10.5. The third-order valence-corrected chi connectivity index (χ3v) is 5.18. The van der Waals surface area contributed by atoms with Crippen LogP contribution in [-0.4, -0.2) is 24.3 Å². The normalized spacial score (nSPS) is 32.3. The Hall–Kier alpha value is -0.570. The Morgan fingerprint density at radius 2 is 1.87 bits per heavy atom. The van der Waals surface area contributed by atoms with Crippen LogP contribution in [0.3, 0.4) is 0 Å². The van der Waals surface area contributed by atoms with Gasteiger partial charge in [0, 0.05) is 5.41 Å². The SMILES string of the molecule is O=C(O)C1(C2(C3CCC3)COC2)CCC1. The molecule has 0 unspecified atom stereocenters. The van der Waals surface area contributed by atoms with Crippen molar-refractivity contribution in [1.82, 2.24) is 0 Å². The summed E-state index contributed by atoms with van der Waals surface area (Å²) in [5, 5.41) is 9.50. The number of aliphatic carboxylic acids is 1. The van der Waals surface area contributed by atoms with Crippen LogP contribution >= 0.6 is 0 Å². The molecule has 0 aromatic heterocycles. The standard InChI is InChI=1S/C12H18O3/c13-10(14)11(5-2-6-11)12(7-15-8-12)9-3-1-4-9/h9H,1-8H2,(H,13,14). The molecule has 1 saturated heterocycles. The Kier molecular flexibility index (Phi) is 1.91. The summed E-state index contributed by atoms with van der Waals surface area (Å²) in [5.74, 6) is 0.0617. The Morgan fingerprint density at radius 3 is 2.07 bits per heavy atom. The zero-order valence-electron chi connectivity index (χ0n) is 9.00. The second-order valence-corrected chi connectivity index (χ2v) is 5.52. The molecule has 1 heterocycles. The van der Waals surface area contributed by atoms with Crippen molar-refractivity contribution in [3.63, 3.8) is 0 Å². The molecular formula is C12H18O3. The first kappa shape index (κ1) is 9.64. The van der Waals surface area contributed by atoms with E-state index in [4.69, 9.17) is 4.74 Å². The third kappa shape index (κ3) is 0.975. The lowest BCUT2D eigenvalue weighted by molar-refractivity contribution is -0.253. The van der Waals surface area contributed by atoms with Gasteiger partial charge in [0.05, 0.1) is 18.6 Å². The highest BCUT2D eigenvalue weighted by Gasteiger charge is 2.66. The van der Waals surface area contributed by atoms with Crippen LogP contribution in [-0.2, 0) is 9.53 Å². The van der Waals surface area contributed by atoms with Crippen LogP contribution in [0.25, 0.3) is 0 Å². The van der Waals surface area contributed by atoms with Crippen LogP contribution in [0.5, 0.6) is 0 Å². The van der Waals surface area contributed by atoms with Gasteiger partial charge in [-0.05, 0) is 31.6 Å². The first-order valence-corrected chi connectivity index (χ1v) is 6.02. The highest BCUT2D eigenvalue weighted by molar-refractivity contribution is 5.77. The molecule has 0 aromatic carbocycles. The fourth-order valence-corrected chi connectivity index (χ4v) is 3.64. The van der Waals surface area contributed by atoms with Crippen molar-refractivity contribution in [3.8, 4) is 0 Å². The van der Waals surface area contributed by atoms with Crippen LogP contribution in [0, 0.1) is 16.7 Å². The molecule has 0 spiro atoms. The molecule has 0 bridgehead atoms. The highest BCUT2D eigenvalue weighted by Crippen LogP contribution is 2.64. The van der Waals surface area contributed by atoms with Gasteiger partial charge in [-0.3, -0.25) is 4.79 Å². The fraction of sp³-hybridized carbons (Fsp3) is 0.917. The highest BCUT2D eigenvalue weighted by atomic mass is 16.5. The minimum Gasteiger partial charge on any atom is -0.481 e. The number of hydrogen-bond donors (Lipinski definition) is 1. The van der Waals surface area contributed by atoms with Gasteiger partial charge in [-0.2, -0.15) is 0 Å². The minimum atomic E-state index is -0.566. The van der Waals surface area contributed by atoms with Crippen LogP contribution in [0.2, 0.25) is 0 Å². The molecule has 84 valence electrons. The summed E-state index contributed by atoms with van der Waals surface area (Å²) in [7, 11) is 0. The molecule has 3 heteroatoms. The minimum absolute atomic E-state index is 0.00926. The van der Waals surface area contributed by atoms with Gasteiger partial charge >= 0.3 is 5.97 Å². The third-order valence-electron chi connectivity index (χ3n) is 5.18. The van der Waals surface area contributed by atoms with Crippen molar-refractivity contribution in [2.75, 3.05) is 13.2 Å². The molecule has 3 fully saturated rings. The monoisotopic (exact) mass is 210 g/mol. The van der Waals surface area contributed by atoms with Crippen LogP contribution in [0.4, 0.5) is 0 Å². The number of carboxylic acids is 1. The average Bonchev–Trinajstić information content (AvgIpc) is 1.92. The largest absolute Gasteiger partial charge is 0.481 e. The predicted molar refractivity (Wildman–Crippen MR) is 54.5 cm³/mol. The maximum atomic E-state index is 11.5. The molecule has 3 rings (SSSR count). The van der Waals surface area contributed by atoms with E-state index >= 15 is 0 Å². The molecule has 1 aliphatic heterocycles. The Morgan fingerprint density at radius 1 is 1.20 bits per heavy atom. The van der Waals surface area contributed by atoms with E-state index in [1.807, 2.05) is 0 Å². The molecule has 0 amide bonds. The smallest absolute Gasteiger partial charge is 0.310 e. The Labute approximate surface area is 89.8 Å². The second kappa shape index (κ2) is 2.97. The van der Waals surface area contributed by atoms with E-state index in [2.05, 4.69) is 0 Å². The van der Waals surface area contributed by atoms with Crippen molar-refractivity contribution >= 4 is 5.97 Å². The molecule has 0 atom stereocenters. The van der Waals surface area contributed by atoms with Crippen LogP contribution < -0.4 is 0 Å². The van der Waals surface area contributed by atoms with Gasteiger partial charge in [0.15, 0.2) is 0 Å². The maximum Gasteiger partial charge on any atom is 0.310 e. The van der Waals surface area contributed by atoms with Gasteiger partial charge in [-0.1, -0.05) is 12.8 Å². The predicted octanol–water partition coefficient (Wildman–Crippen LogP) is 2.06. The lowest BCUT2D eigenvalue weighted by Crippen LogP contribution is -2.66. The number of carboxylic acid groups (broad SMARTS) is 1. The van der Waals surface area contributed by atoms with Gasteiger partial charge in [0.1, 0.15) is 0 Å². The molecule has 2 aliphatic carbocycles. The van der Waals surface area contributed by atoms with E-state index in [1.54, 1.807) is 0 Å². The summed E-state index contributed by atoms with van der Waals surface area (Å²) in [6, 6.07) is 0. The summed E-state index contributed by atoms with van der Waals surface area (Å²) in [6.07, 6.45) is 6.56. The topological polar surface area (TPSA) is 46.5 Å². The van der Waals surface area contributed by atoms with Gasteiger partial charge in [-0.25, -0.2) is 0 Å². The van der Waals surface area contributed by atoms with E-state index in [0.29, 0.717) is 19.1 Å². The lowest BCUT2D eigenvalue weighted by atomic mass is 9.45. The average molecular weight is 210 g/mol. The summed E-state index contributed by atoms with van der Waals surface area (Å²) in [4.78, 5) is 11.5. The van der Waals surface area contributed by atoms with E-state index in [1.165, 1.54) is 19.3 Å². The van der Waals surface area contributed by atoms with E-state index in [0.717, 1.165) is 19.3 Å². The Bertz CT molecular complexity index is 285. The van der Waals surface area contributed by atoms with Gasteiger partial charge in [-0.15, -0.1) is 0 Å². The van der Waals surface area contributed by atoms with Crippen molar-refractivity contribution in [2.45, 2.75) is 38.5 Å². The number of carbonyl (C=O) groups is 1. The molecule has 3 aliphatic rings. The molecular weight excluding hydrogens is 192 g/mol. The van der Waals surface area contributed by atoms with E-state index in [-0.39, 0.29) is 5.41 Å². The number of hydrogen-bond acceptors (Lipinski definition) is 2. The van der Waals surface area contributed by atoms with Gasteiger partial charge in [0.2, 0.25) is 0 Å². The lowest BCUT2D eigenvalue weighted by Gasteiger charge is -2.62. The second-order valence-electron chi connectivity index (χ2n) is 5.52. The van der Waals surface area contributed by atoms with Crippen molar-refractivity contribution in [3.05, 3.63) is 0 Å².